The second-order valence-corrected chi connectivity index (χ2v) is 18.8. The third kappa shape index (κ3) is 10.3. The Kier molecular flexibility index (Phi) is 14.3. The molecule has 2 aliphatic rings. The fourth-order valence-electron chi connectivity index (χ4n) is 7.28. The summed E-state index contributed by atoms with van der Waals surface area (Å²) in [5.74, 6) is -1.74. The van der Waals surface area contributed by atoms with Crippen molar-refractivity contribution >= 4 is 57.7 Å². The fourth-order valence-corrected chi connectivity index (χ4v) is 9.35. The molecular weight excluding hydrogens is 875 g/mol. The number of oxime groups is 1. The summed E-state index contributed by atoms with van der Waals surface area (Å²) in [6.45, 7) is 11.9. The number of carbonyl (C=O) groups is 4. The lowest BCUT2D eigenvalue weighted by molar-refractivity contribution is -0.179. The van der Waals surface area contributed by atoms with Crippen molar-refractivity contribution in [2.75, 3.05) is 18.2 Å². The molecule has 4 aromatic carbocycles. The third-order valence-electron chi connectivity index (χ3n) is 10.6. The van der Waals surface area contributed by atoms with Crippen LogP contribution in [-0.2, 0) is 45.6 Å². The van der Waals surface area contributed by atoms with Crippen molar-refractivity contribution in [3.63, 3.8) is 0 Å². The average molecular weight is 926 g/mol. The van der Waals surface area contributed by atoms with Gasteiger partial charge in [0, 0.05) is 11.1 Å². The largest absolute Gasteiger partial charge is 0.497 e. The van der Waals surface area contributed by atoms with E-state index >= 15 is 0 Å². The number of thioether (sulfide) groups is 1. The zero-order valence-corrected chi connectivity index (χ0v) is 39.1. The van der Waals surface area contributed by atoms with E-state index in [4.69, 9.17) is 24.0 Å². The molecule has 2 aliphatic heterocycles. The van der Waals surface area contributed by atoms with Crippen molar-refractivity contribution in [3.05, 3.63) is 185 Å². The summed E-state index contributed by atoms with van der Waals surface area (Å²) in [4.78, 5) is 67.8. The van der Waals surface area contributed by atoms with Gasteiger partial charge in [0.1, 0.15) is 46.3 Å². The van der Waals surface area contributed by atoms with Gasteiger partial charge in [0.2, 0.25) is 5.60 Å². The van der Waals surface area contributed by atoms with Gasteiger partial charge in [0.25, 0.3) is 11.8 Å². The van der Waals surface area contributed by atoms with Crippen molar-refractivity contribution in [2.45, 2.75) is 69.4 Å². The standard InChI is InChI=1S/C51H51N5O8S2/c1-8-9-19-34-31-65-45-41(44(58)56(45)42(34)46(59)62-30-33-26-28-38(61-7)29-27-33)53-43(57)40(55-64-50(5,6)47(60)63-49(2,3)4)39-32-66-48(52-39)54-51(35-20-13-10-14-21-35,36-22-15-11-16-23-36)37-24-17-12-18-25-37/h8-29,32,41,45H,1,30-31H2,2-7H3,(H,52,54)(H,53,57)/b19-9+,55-40-/t41-,45+/m1/s1. The Morgan fingerprint density at radius 2 is 1.47 bits per heavy atom. The predicted molar refractivity (Wildman–Crippen MR) is 257 cm³/mol. The van der Waals surface area contributed by atoms with Crippen LogP contribution in [0.1, 0.15) is 62.6 Å². The second-order valence-electron chi connectivity index (χ2n) is 16.8. The van der Waals surface area contributed by atoms with Gasteiger partial charge in [-0.25, -0.2) is 14.6 Å². The van der Waals surface area contributed by atoms with Crippen LogP contribution < -0.4 is 15.4 Å². The van der Waals surface area contributed by atoms with Crippen LogP contribution in [0.4, 0.5) is 5.13 Å². The number of amides is 2. The van der Waals surface area contributed by atoms with E-state index in [2.05, 4.69) is 22.4 Å². The molecule has 1 saturated heterocycles. The molecule has 1 fully saturated rings. The first-order chi connectivity index (χ1) is 31.6. The second kappa shape index (κ2) is 20.0. The first-order valence-corrected chi connectivity index (χ1v) is 23.1. The van der Waals surface area contributed by atoms with E-state index in [9.17, 15) is 19.2 Å². The summed E-state index contributed by atoms with van der Waals surface area (Å²) in [6, 6.07) is 35.9. The van der Waals surface area contributed by atoms with Gasteiger partial charge in [0.15, 0.2) is 10.8 Å². The maximum Gasteiger partial charge on any atom is 0.355 e. The molecule has 66 heavy (non-hydrogen) atoms. The highest BCUT2D eigenvalue weighted by Crippen LogP contribution is 2.43. The van der Waals surface area contributed by atoms with Crippen molar-refractivity contribution in [1.29, 1.82) is 0 Å². The summed E-state index contributed by atoms with van der Waals surface area (Å²) in [7, 11) is 1.56. The number of fused-ring (bicyclic) bond motifs is 1. The molecule has 340 valence electrons. The number of nitrogens with one attached hydrogen (secondary N) is 2. The number of β-lactam (4-membered cyclic amide) rings is 1. The molecule has 2 amide bonds. The monoisotopic (exact) mass is 925 g/mol. The Morgan fingerprint density at radius 3 is 2.02 bits per heavy atom. The first-order valence-electron chi connectivity index (χ1n) is 21.1. The smallest absolute Gasteiger partial charge is 0.355 e. The van der Waals surface area contributed by atoms with Crippen LogP contribution >= 0.6 is 23.1 Å². The number of hydrogen-bond acceptors (Lipinski definition) is 13. The first kappa shape index (κ1) is 47.0. The number of allylic oxidation sites excluding steroid dienone is 3. The molecule has 0 saturated carbocycles. The molecule has 0 unspecified atom stereocenters. The molecule has 0 radical (unpaired) electrons. The normalized spacial score (nSPS) is 16.5. The molecule has 5 aromatic rings. The topological polar surface area (TPSA) is 158 Å². The number of benzene rings is 4. The minimum Gasteiger partial charge on any atom is -0.497 e. The minimum atomic E-state index is -1.64. The van der Waals surface area contributed by atoms with Gasteiger partial charge in [-0.2, -0.15) is 0 Å². The number of hydrogen-bond donors (Lipinski definition) is 2. The van der Waals surface area contributed by atoms with Crippen LogP contribution in [0.5, 0.6) is 5.75 Å². The predicted octanol–water partition coefficient (Wildman–Crippen LogP) is 8.54. The molecule has 1 aromatic heterocycles. The Hall–Kier alpha value is -6.97. The van der Waals surface area contributed by atoms with Gasteiger partial charge in [-0.3, -0.25) is 14.5 Å². The van der Waals surface area contributed by atoms with E-state index in [0.717, 1.165) is 22.3 Å². The zero-order chi connectivity index (χ0) is 47.1. The van der Waals surface area contributed by atoms with Gasteiger partial charge in [-0.1, -0.05) is 133 Å². The molecule has 3 heterocycles. The molecular formula is C51H51N5O8S2. The van der Waals surface area contributed by atoms with E-state index in [1.54, 1.807) is 75.8 Å². The van der Waals surface area contributed by atoms with Crippen LogP contribution in [0.15, 0.2) is 162 Å². The molecule has 0 bridgehead atoms. The Bertz CT molecular complexity index is 2560. The highest BCUT2D eigenvalue weighted by Gasteiger charge is 2.54. The lowest BCUT2D eigenvalue weighted by Gasteiger charge is -2.49. The quantitative estimate of drug-likeness (QED) is 0.0230. The summed E-state index contributed by atoms with van der Waals surface area (Å²) in [5, 5.41) is 12.2. The number of ether oxygens (including phenoxy) is 3. The number of rotatable bonds is 17. The SMILES string of the molecule is C=C/C=C/C1=C(C(=O)OCc2ccc(OC)cc2)N2C(=O)[C@@H](NC(=O)/C(=N\OC(C)(C)C(=O)OC(C)(C)C)c3csc(NC(c4ccccc4)(c4ccccc4)c4ccccc4)n3)[C@@H]2SC1. The number of methoxy groups -OCH3 is 1. The van der Waals surface area contributed by atoms with Crippen LogP contribution in [-0.4, -0.2) is 74.8 Å². The van der Waals surface area contributed by atoms with E-state index < -0.39 is 51.9 Å². The number of thiazole rings is 1. The Labute approximate surface area is 392 Å². The van der Waals surface area contributed by atoms with Crippen molar-refractivity contribution in [2.24, 2.45) is 5.16 Å². The van der Waals surface area contributed by atoms with Crippen LogP contribution in [0.3, 0.4) is 0 Å². The summed E-state index contributed by atoms with van der Waals surface area (Å²) in [5.41, 5.74) is 0.596. The summed E-state index contributed by atoms with van der Waals surface area (Å²) >= 11 is 2.61. The maximum absolute atomic E-state index is 14.6. The third-order valence-corrected chi connectivity index (χ3v) is 12.6. The van der Waals surface area contributed by atoms with Gasteiger partial charge in [-0.15, -0.1) is 23.1 Å². The van der Waals surface area contributed by atoms with E-state index in [1.165, 1.54) is 41.8 Å². The number of carbonyl (C=O) groups excluding carboxylic acids is 4. The van der Waals surface area contributed by atoms with Crippen molar-refractivity contribution in [1.82, 2.24) is 15.2 Å². The minimum absolute atomic E-state index is 0.0437. The average Bonchev–Trinajstić information content (AvgIpc) is 3.78. The molecule has 2 atom stereocenters. The van der Waals surface area contributed by atoms with Gasteiger partial charge < -0.3 is 29.7 Å². The molecule has 7 rings (SSSR count). The molecule has 15 heteroatoms. The highest BCUT2D eigenvalue weighted by molar-refractivity contribution is 8.00. The van der Waals surface area contributed by atoms with E-state index in [-0.39, 0.29) is 23.7 Å². The van der Waals surface area contributed by atoms with Gasteiger partial charge >= 0.3 is 11.9 Å². The number of esters is 2. The summed E-state index contributed by atoms with van der Waals surface area (Å²) in [6.07, 6.45) is 4.96. The lowest BCUT2D eigenvalue weighted by atomic mass is 9.77. The number of aromatic nitrogens is 1. The molecule has 2 N–H and O–H groups in total. The number of anilines is 1. The van der Waals surface area contributed by atoms with Crippen molar-refractivity contribution in [3.8, 4) is 5.75 Å². The van der Waals surface area contributed by atoms with Crippen LogP contribution in [0.2, 0.25) is 0 Å². The fraction of sp³-hybridized carbons (Fsp3) is 0.255. The zero-order valence-electron chi connectivity index (χ0n) is 37.5. The van der Waals surface area contributed by atoms with E-state index in [1.807, 2.05) is 91.0 Å². The van der Waals surface area contributed by atoms with E-state index in [0.29, 0.717) is 22.2 Å². The van der Waals surface area contributed by atoms with Crippen LogP contribution in [0, 0.1) is 0 Å². The molecule has 0 aliphatic carbocycles. The van der Waals surface area contributed by atoms with Gasteiger partial charge in [-0.05, 0) is 74.6 Å². The molecule has 13 nitrogen and oxygen atoms in total. The Morgan fingerprint density at radius 1 is 0.879 bits per heavy atom. The lowest BCUT2D eigenvalue weighted by Crippen LogP contribution is -2.71. The Balaban J connectivity index is 1.20. The van der Waals surface area contributed by atoms with Crippen molar-refractivity contribution < 1.29 is 38.2 Å². The maximum atomic E-state index is 14.6. The summed E-state index contributed by atoms with van der Waals surface area (Å²) < 4.78 is 16.6. The van der Waals surface area contributed by atoms with Gasteiger partial charge in [0.05, 0.1) is 7.11 Å². The number of nitrogens with zero attached hydrogens (tertiary/aromatic N) is 3. The van der Waals surface area contributed by atoms with Crippen LogP contribution in [0.25, 0.3) is 0 Å². The highest BCUT2D eigenvalue weighted by atomic mass is 32.2. The molecule has 0 spiro atoms.